The number of likely N-dealkylation sites (tertiary alicyclic amines) is 1. The second-order valence-electron chi connectivity index (χ2n) is 19.4. The number of phenolic OH excluding ortho intramolecular Hbond substituents is 1. The van der Waals surface area contributed by atoms with Gasteiger partial charge in [-0.25, -0.2) is 0 Å². The van der Waals surface area contributed by atoms with Crippen molar-refractivity contribution in [2.45, 2.75) is 102 Å². The molecular weight excluding hydrogens is 819 g/mol. The van der Waals surface area contributed by atoms with Crippen LogP contribution in [0.5, 0.6) is 11.5 Å². The Labute approximate surface area is 373 Å². The minimum absolute atomic E-state index is 0.00854. The van der Waals surface area contributed by atoms with E-state index in [1.165, 1.54) is 24.0 Å². The number of anilines is 1. The van der Waals surface area contributed by atoms with Crippen molar-refractivity contribution in [3.63, 3.8) is 0 Å². The SMILES string of the molecule is CN(CCNC[C@H](O[Si](C)(C)C(C)(C)C)c1ccc(O)c2c1OCC(=O)N2)C(=O)CCOCCc1cccc(CN2CCC3(CC2)CN(C(=O)c2ccn(CC4CC4)n2)CCO3)c1. The summed E-state index contributed by atoms with van der Waals surface area (Å²) in [7, 11) is -0.435. The highest BCUT2D eigenvalue weighted by Gasteiger charge is 2.42. The number of likely N-dealkylation sites (N-methyl/N-ethyl adjacent to an activating group) is 1. The quantitative estimate of drug-likeness (QED) is 0.0782. The van der Waals surface area contributed by atoms with Crippen LogP contribution in [0.1, 0.15) is 86.2 Å². The van der Waals surface area contributed by atoms with Crippen LogP contribution in [0.2, 0.25) is 18.1 Å². The normalized spacial score (nSPS) is 18.4. The molecule has 0 unspecified atom stereocenters. The van der Waals surface area contributed by atoms with E-state index < -0.39 is 14.4 Å². The van der Waals surface area contributed by atoms with Gasteiger partial charge in [-0.3, -0.25) is 24.0 Å². The molecule has 1 atom stereocenters. The lowest BCUT2D eigenvalue weighted by atomic mass is 9.89. The van der Waals surface area contributed by atoms with Crippen molar-refractivity contribution in [2.24, 2.45) is 5.92 Å². The Bertz CT molecular complexity index is 2060. The number of aromatic nitrogens is 2. The van der Waals surface area contributed by atoms with Crippen LogP contribution in [0.3, 0.4) is 0 Å². The average molecular weight is 888 g/mol. The zero-order valence-electron chi connectivity index (χ0n) is 38.2. The summed E-state index contributed by atoms with van der Waals surface area (Å²) in [5, 5.41) is 21.2. The number of ether oxygens (including phenoxy) is 3. The van der Waals surface area contributed by atoms with Crippen molar-refractivity contribution >= 4 is 31.7 Å². The number of benzene rings is 2. The molecular formula is C47H69N7O8Si. The molecule has 1 spiro atoms. The van der Waals surface area contributed by atoms with Gasteiger partial charge in [-0.1, -0.05) is 45.0 Å². The standard InChI is InChI=1S/C47H69N7O8Si/c1-46(2,3)63(5,6)62-40(37-12-13-39(55)43-44(37)60-32-41(56)49-43)29-48-19-23-51(4)42(57)16-26-59-25-15-34-8-7-9-36(28-34)30-52-21-17-47(18-22-52)33-53(24-27-61-47)45(58)38-14-20-54(50-38)31-35-10-11-35/h7-9,12-14,20,28,35,40,48,55H,10-11,15-19,21-27,29-33H2,1-6H3,(H,49,56)/t40-/m0/s1. The molecule has 1 aliphatic carbocycles. The van der Waals surface area contributed by atoms with Gasteiger partial charge in [0.15, 0.2) is 20.7 Å². The molecule has 0 radical (unpaired) electrons. The van der Waals surface area contributed by atoms with E-state index in [1.54, 1.807) is 24.1 Å². The zero-order chi connectivity index (χ0) is 44.8. The molecule has 3 N–H and O–H groups in total. The maximum Gasteiger partial charge on any atom is 0.274 e. The molecule has 2 aromatic carbocycles. The average Bonchev–Trinajstić information content (AvgIpc) is 3.95. The molecule has 3 fully saturated rings. The molecule has 344 valence electrons. The molecule has 1 aromatic heterocycles. The van der Waals surface area contributed by atoms with Crippen molar-refractivity contribution in [2.75, 3.05) is 84.6 Å². The summed E-state index contributed by atoms with van der Waals surface area (Å²) < 4.78 is 26.9. The van der Waals surface area contributed by atoms with Crippen molar-refractivity contribution < 1.29 is 38.1 Å². The number of amides is 3. The van der Waals surface area contributed by atoms with Gasteiger partial charge in [0.1, 0.15) is 17.1 Å². The minimum Gasteiger partial charge on any atom is -0.506 e. The Morgan fingerprint density at radius 3 is 2.63 bits per heavy atom. The Hall–Kier alpha value is -4.32. The summed E-state index contributed by atoms with van der Waals surface area (Å²) in [6.07, 6.45) is 6.89. The first kappa shape index (κ1) is 46.7. The largest absolute Gasteiger partial charge is 0.506 e. The number of carbonyl (C=O) groups excluding carboxylic acids is 3. The first-order valence-electron chi connectivity index (χ1n) is 22.8. The first-order chi connectivity index (χ1) is 30.1. The maximum absolute atomic E-state index is 13.4. The number of nitrogens with zero attached hydrogens (tertiary/aromatic N) is 5. The van der Waals surface area contributed by atoms with E-state index in [9.17, 15) is 19.5 Å². The fourth-order valence-electron chi connectivity index (χ4n) is 8.31. The van der Waals surface area contributed by atoms with Crippen molar-refractivity contribution in [1.82, 2.24) is 29.8 Å². The van der Waals surface area contributed by atoms with Crippen LogP contribution in [0.25, 0.3) is 0 Å². The number of morpholine rings is 1. The molecule has 3 aliphatic heterocycles. The molecule has 63 heavy (non-hydrogen) atoms. The van der Waals surface area contributed by atoms with Gasteiger partial charge in [0.05, 0.1) is 44.5 Å². The number of fused-ring (bicyclic) bond motifs is 1. The van der Waals surface area contributed by atoms with E-state index >= 15 is 0 Å². The van der Waals surface area contributed by atoms with Gasteiger partial charge in [-0.2, -0.15) is 5.10 Å². The van der Waals surface area contributed by atoms with Crippen LogP contribution in [0.4, 0.5) is 5.69 Å². The third-order valence-corrected chi connectivity index (χ3v) is 17.9. The van der Waals surface area contributed by atoms with Crippen molar-refractivity contribution in [3.8, 4) is 11.5 Å². The van der Waals surface area contributed by atoms with Crippen LogP contribution in [-0.2, 0) is 43.0 Å². The van der Waals surface area contributed by atoms with E-state index in [0.29, 0.717) is 76.3 Å². The third kappa shape index (κ3) is 12.3. The zero-order valence-corrected chi connectivity index (χ0v) is 39.2. The lowest BCUT2D eigenvalue weighted by Crippen LogP contribution is -2.58. The fourth-order valence-corrected chi connectivity index (χ4v) is 9.59. The number of piperidine rings is 1. The molecule has 15 nitrogen and oxygen atoms in total. The third-order valence-electron chi connectivity index (χ3n) is 13.4. The van der Waals surface area contributed by atoms with E-state index in [1.807, 2.05) is 21.8 Å². The molecule has 3 amide bonds. The van der Waals surface area contributed by atoms with Gasteiger partial charge >= 0.3 is 0 Å². The van der Waals surface area contributed by atoms with Gasteiger partial charge < -0.3 is 44.2 Å². The van der Waals surface area contributed by atoms with Crippen molar-refractivity contribution in [1.29, 1.82) is 0 Å². The topological polar surface area (TPSA) is 160 Å². The van der Waals surface area contributed by atoms with E-state index in [4.69, 9.17) is 18.6 Å². The highest BCUT2D eigenvalue weighted by atomic mass is 28.4. The molecule has 1 saturated carbocycles. The van der Waals surface area contributed by atoms with Crippen LogP contribution in [0, 0.1) is 5.92 Å². The number of carbonyl (C=O) groups is 3. The highest BCUT2D eigenvalue weighted by Crippen LogP contribution is 2.45. The number of rotatable bonds is 19. The maximum atomic E-state index is 13.4. The minimum atomic E-state index is -2.24. The summed E-state index contributed by atoms with van der Waals surface area (Å²) in [5.74, 6) is 0.786. The summed E-state index contributed by atoms with van der Waals surface area (Å²) >= 11 is 0. The molecule has 16 heteroatoms. The molecule has 4 aliphatic rings. The summed E-state index contributed by atoms with van der Waals surface area (Å²) in [6, 6.07) is 13.9. The fraction of sp³-hybridized carbons (Fsp3) is 0.617. The predicted octanol–water partition coefficient (Wildman–Crippen LogP) is 5.60. The lowest BCUT2D eigenvalue weighted by molar-refractivity contribution is -0.131. The van der Waals surface area contributed by atoms with Gasteiger partial charge in [-0.05, 0) is 85.5 Å². The van der Waals surface area contributed by atoms with Crippen molar-refractivity contribution in [3.05, 3.63) is 71.0 Å². The monoisotopic (exact) mass is 887 g/mol. The van der Waals surface area contributed by atoms with Crippen LogP contribution >= 0.6 is 0 Å². The Morgan fingerprint density at radius 2 is 1.87 bits per heavy atom. The molecule has 2 saturated heterocycles. The second kappa shape index (κ2) is 20.2. The highest BCUT2D eigenvalue weighted by molar-refractivity contribution is 6.74. The molecule has 4 heterocycles. The van der Waals surface area contributed by atoms with E-state index in [-0.39, 0.29) is 46.4 Å². The van der Waals surface area contributed by atoms with E-state index in [0.717, 1.165) is 51.0 Å². The first-order valence-corrected chi connectivity index (χ1v) is 25.7. The van der Waals surface area contributed by atoms with Gasteiger partial charge in [0, 0.05) is 71.2 Å². The number of hydrogen-bond donors (Lipinski definition) is 3. The van der Waals surface area contributed by atoms with E-state index in [2.05, 4.69) is 78.8 Å². The predicted molar refractivity (Wildman–Crippen MR) is 243 cm³/mol. The Kier molecular flexibility index (Phi) is 15.0. The van der Waals surface area contributed by atoms with Gasteiger partial charge in [0.25, 0.3) is 11.8 Å². The molecule has 3 aromatic rings. The number of nitrogens with one attached hydrogen (secondary N) is 2. The molecule has 7 rings (SSSR count). The van der Waals surface area contributed by atoms with Crippen LogP contribution in [-0.4, -0.2) is 141 Å². The van der Waals surface area contributed by atoms with Crippen LogP contribution in [0.15, 0.2) is 48.7 Å². The Balaban J connectivity index is 0.798. The molecule has 0 bridgehead atoms. The number of hydrogen-bond acceptors (Lipinski definition) is 11. The second-order valence-corrected chi connectivity index (χ2v) is 24.2. The van der Waals surface area contributed by atoms with Gasteiger partial charge in [-0.15, -0.1) is 0 Å². The Morgan fingerprint density at radius 1 is 1.10 bits per heavy atom. The summed E-state index contributed by atoms with van der Waals surface area (Å²) in [5.41, 5.74) is 3.72. The number of phenols is 1. The smallest absolute Gasteiger partial charge is 0.274 e. The summed E-state index contributed by atoms with van der Waals surface area (Å²) in [4.78, 5) is 44.5. The van der Waals surface area contributed by atoms with Gasteiger partial charge in [0.2, 0.25) is 5.91 Å². The summed E-state index contributed by atoms with van der Waals surface area (Å²) in [6.45, 7) is 18.5. The van der Waals surface area contributed by atoms with Crippen LogP contribution < -0.4 is 15.4 Å². The number of aromatic hydroxyl groups is 1. The lowest BCUT2D eigenvalue weighted by Gasteiger charge is -2.47.